The number of carbonyl (C=O) groups excluding carboxylic acids is 3. The second kappa shape index (κ2) is 13.0. The highest BCUT2D eigenvalue weighted by Gasteiger charge is 2.51. The van der Waals surface area contributed by atoms with Crippen molar-refractivity contribution in [3.63, 3.8) is 0 Å². The molecule has 0 saturated heterocycles. The Labute approximate surface area is 174 Å². The lowest BCUT2D eigenvalue weighted by molar-refractivity contribution is -0.168. The van der Waals surface area contributed by atoms with Crippen molar-refractivity contribution in [3.8, 4) is 0 Å². The Morgan fingerprint density at radius 3 is 1.83 bits per heavy atom. The van der Waals surface area contributed by atoms with Crippen LogP contribution in [0.5, 0.6) is 0 Å². The number of rotatable bonds is 13. The Morgan fingerprint density at radius 2 is 1.34 bits per heavy atom. The van der Waals surface area contributed by atoms with Crippen molar-refractivity contribution >= 4 is 17.8 Å². The van der Waals surface area contributed by atoms with Gasteiger partial charge in [-0.1, -0.05) is 63.3 Å². The van der Waals surface area contributed by atoms with Crippen molar-refractivity contribution in [2.45, 2.75) is 78.2 Å². The van der Waals surface area contributed by atoms with Crippen molar-refractivity contribution in [3.05, 3.63) is 35.4 Å². The number of hydrogen-bond acceptors (Lipinski definition) is 5. The van der Waals surface area contributed by atoms with Crippen molar-refractivity contribution in [1.29, 1.82) is 0 Å². The van der Waals surface area contributed by atoms with Gasteiger partial charge in [0.25, 0.3) is 5.54 Å². The highest BCUT2D eigenvalue weighted by atomic mass is 16.6. The van der Waals surface area contributed by atoms with Crippen LogP contribution in [0.3, 0.4) is 0 Å². The van der Waals surface area contributed by atoms with Gasteiger partial charge >= 0.3 is 11.9 Å². The monoisotopic (exact) mass is 405 g/mol. The predicted molar refractivity (Wildman–Crippen MR) is 112 cm³/mol. The molecule has 0 fully saturated rings. The molecule has 0 saturated carbocycles. The van der Waals surface area contributed by atoms with Crippen LogP contribution >= 0.6 is 0 Å². The van der Waals surface area contributed by atoms with Crippen LogP contribution in [0.25, 0.3) is 0 Å². The maximum Gasteiger partial charge on any atom is 0.348 e. The molecule has 1 N–H and O–H groups in total. The number of carbonyl (C=O) groups is 3. The first-order chi connectivity index (χ1) is 13.9. The standard InChI is InChI=1S/C23H35NO5/c1-5-8-9-10-11-12-13-19-14-16-20(17-15-19)23(24-18(4)25,21(26)28-6-2)22(27)29-7-3/h14-17H,5-13H2,1-4H3,(H,24,25). The van der Waals surface area contributed by atoms with Crippen molar-refractivity contribution in [2.75, 3.05) is 13.2 Å². The fourth-order valence-electron chi connectivity index (χ4n) is 3.27. The predicted octanol–water partition coefficient (Wildman–Crippen LogP) is 4.05. The third-order valence-corrected chi connectivity index (χ3v) is 4.73. The van der Waals surface area contributed by atoms with Gasteiger partial charge in [-0.3, -0.25) is 4.79 Å². The Balaban J connectivity index is 3.04. The van der Waals surface area contributed by atoms with E-state index in [0.717, 1.165) is 18.4 Å². The summed E-state index contributed by atoms with van der Waals surface area (Å²) in [5, 5.41) is 2.48. The molecule has 0 heterocycles. The molecule has 1 rings (SSSR count). The molecule has 0 spiro atoms. The quantitative estimate of drug-likeness (QED) is 0.304. The van der Waals surface area contributed by atoms with Crippen LogP contribution in [0.1, 0.15) is 77.3 Å². The minimum absolute atomic E-state index is 0.0791. The first kappa shape index (κ1) is 24.7. The number of hydrogen-bond donors (Lipinski definition) is 1. The van der Waals surface area contributed by atoms with Gasteiger partial charge in [0.15, 0.2) is 0 Å². The summed E-state index contributed by atoms with van der Waals surface area (Å²) in [4.78, 5) is 37.4. The molecular formula is C23H35NO5. The lowest BCUT2D eigenvalue weighted by Gasteiger charge is -2.30. The highest BCUT2D eigenvalue weighted by molar-refractivity contribution is 6.08. The summed E-state index contributed by atoms with van der Waals surface area (Å²) in [5.41, 5.74) is -0.554. The number of amides is 1. The highest BCUT2D eigenvalue weighted by Crippen LogP contribution is 2.26. The van der Waals surface area contributed by atoms with Crippen LogP contribution in [-0.2, 0) is 35.8 Å². The molecule has 1 aromatic carbocycles. The van der Waals surface area contributed by atoms with Crippen molar-refractivity contribution < 1.29 is 23.9 Å². The topological polar surface area (TPSA) is 81.7 Å². The van der Waals surface area contributed by atoms with Gasteiger partial charge in [0.05, 0.1) is 13.2 Å². The number of ether oxygens (including phenoxy) is 2. The number of benzene rings is 1. The van der Waals surface area contributed by atoms with Gasteiger partial charge in [-0.15, -0.1) is 0 Å². The molecule has 0 aromatic heterocycles. The SMILES string of the molecule is CCCCCCCCc1ccc(C(NC(C)=O)(C(=O)OCC)C(=O)OCC)cc1. The third-order valence-electron chi connectivity index (χ3n) is 4.73. The third kappa shape index (κ3) is 7.18. The van der Waals surface area contributed by atoms with E-state index in [4.69, 9.17) is 9.47 Å². The van der Waals surface area contributed by atoms with Gasteiger partial charge in [-0.05, 0) is 32.3 Å². The minimum atomic E-state index is -2.00. The summed E-state index contributed by atoms with van der Waals surface area (Å²) in [6.07, 6.45) is 8.23. The number of esters is 2. The van der Waals surface area contributed by atoms with E-state index < -0.39 is 23.4 Å². The largest absolute Gasteiger partial charge is 0.464 e. The molecule has 6 nitrogen and oxygen atoms in total. The molecule has 1 aromatic rings. The second-order valence-electron chi connectivity index (χ2n) is 7.09. The Kier molecular flexibility index (Phi) is 11.0. The molecule has 0 atom stereocenters. The maximum absolute atomic E-state index is 12.8. The van der Waals surface area contributed by atoms with E-state index in [0.29, 0.717) is 5.56 Å². The van der Waals surface area contributed by atoms with Gasteiger partial charge in [-0.2, -0.15) is 0 Å². The average molecular weight is 406 g/mol. The summed E-state index contributed by atoms with van der Waals surface area (Å²) in [7, 11) is 0. The summed E-state index contributed by atoms with van der Waals surface area (Å²) < 4.78 is 10.2. The lowest BCUT2D eigenvalue weighted by Crippen LogP contribution is -2.58. The van der Waals surface area contributed by atoms with Crippen LogP contribution < -0.4 is 5.32 Å². The first-order valence-electron chi connectivity index (χ1n) is 10.6. The zero-order valence-electron chi connectivity index (χ0n) is 18.2. The summed E-state index contributed by atoms with van der Waals surface area (Å²) in [6.45, 7) is 6.90. The Morgan fingerprint density at radius 1 is 0.828 bits per heavy atom. The Hall–Kier alpha value is -2.37. The zero-order chi connectivity index (χ0) is 21.7. The number of nitrogens with one attached hydrogen (secondary N) is 1. The van der Waals surface area contributed by atoms with Gasteiger partial charge in [0.2, 0.25) is 5.91 Å². The van der Waals surface area contributed by atoms with E-state index in [1.807, 2.05) is 12.1 Å². The zero-order valence-corrected chi connectivity index (χ0v) is 18.2. The Bertz CT molecular complexity index is 636. The fourth-order valence-corrected chi connectivity index (χ4v) is 3.27. The van der Waals surface area contributed by atoms with Crippen LogP contribution in [0, 0.1) is 0 Å². The minimum Gasteiger partial charge on any atom is -0.464 e. The van der Waals surface area contributed by atoms with Gasteiger partial charge < -0.3 is 14.8 Å². The van der Waals surface area contributed by atoms with Crippen molar-refractivity contribution in [2.24, 2.45) is 0 Å². The molecule has 0 unspecified atom stereocenters. The molecule has 0 bridgehead atoms. The van der Waals surface area contributed by atoms with Crippen molar-refractivity contribution in [1.82, 2.24) is 5.32 Å². The smallest absolute Gasteiger partial charge is 0.348 e. The maximum atomic E-state index is 12.8. The molecule has 0 aliphatic rings. The van der Waals surface area contributed by atoms with Gasteiger partial charge in [-0.25, -0.2) is 9.59 Å². The molecule has 0 aliphatic heterocycles. The molecular weight excluding hydrogens is 370 g/mol. The van der Waals surface area contributed by atoms with E-state index in [1.54, 1.807) is 26.0 Å². The van der Waals surface area contributed by atoms with E-state index in [2.05, 4.69) is 12.2 Å². The summed E-state index contributed by atoms with van der Waals surface area (Å²) >= 11 is 0. The second-order valence-corrected chi connectivity index (χ2v) is 7.09. The molecule has 162 valence electrons. The fraction of sp³-hybridized carbons (Fsp3) is 0.609. The number of unbranched alkanes of at least 4 members (excludes halogenated alkanes) is 5. The molecule has 29 heavy (non-hydrogen) atoms. The van der Waals surface area contributed by atoms with Crippen LogP contribution in [-0.4, -0.2) is 31.1 Å². The normalized spacial score (nSPS) is 11.0. The van der Waals surface area contributed by atoms with Gasteiger partial charge in [0, 0.05) is 12.5 Å². The van der Waals surface area contributed by atoms with E-state index in [9.17, 15) is 14.4 Å². The lowest BCUT2D eigenvalue weighted by atomic mass is 9.88. The molecule has 0 aliphatic carbocycles. The number of aryl methyl sites for hydroxylation is 1. The molecule has 6 heteroatoms. The van der Waals surface area contributed by atoms with E-state index in [1.165, 1.54) is 39.0 Å². The molecule has 0 radical (unpaired) electrons. The van der Waals surface area contributed by atoms with E-state index in [-0.39, 0.29) is 13.2 Å². The summed E-state index contributed by atoms with van der Waals surface area (Å²) in [5.74, 6) is -2.23. The van der Waals surface area contributed by atoms with E-state index >= 15 is 0 Å². The first-order valence-corrected chi connectivity index (χ1v) is 10.6. The average Bonchev–Trinajstić information content (AvgIpc) is 2.69. The van der Waals surface area contributed by atoms with Crippen LogP contribution in [0.2, 0.25) is 0 Å². The summed E-state index contributed by atoms with van der Waals surface area (Å²) in [6, 6.07) is 7.15. The van der Waals surface area contributed by atoms with Gasteiger partial charge in [0.1, 0.15) is 0 Å². The van der Waals surface area contributed by atoms with Crippen LogP contribution in [0.15, 0.2) is 24.3 Å². The molecule has 1 amide bonds. The van der Waals surface area contributed by atoms with Crippen LogP contribution in [0.4, 0.5) is 0 Å².